The summed E-state index contributed by atoms with van der Waals surface area (Å²) < 4.78 is 30.8. The summed E-state index contributed by atoms with van der Waals surface area (Å²) in [5.74, 6) is -4.12. The van der Waals surface area contributed by atoms with Crippen molar-refractivity contribution in [1.29, 1.82) is 0 Å². The Morgan fingerprint density at radius 3 is 1.09 bits per heavy atom. The predicted molar refractivity (Wildman–Crippen MR) is 212 cm³/mol. The Bertz CT molecular complexity index is 940. The molecule has 0 heterocycles. The Kier molecular flexibility index (Phi) is 35.0. The molecule has 0 aliphatic heterocycles. The summed E-state index contributed by atoms with van der Waals surface area (Å²) >= 11 is 2.31. The van der Waals surface area contributed by atoms with Gasteiger partial charge in [-0.25, -0.2) is 0 Å². The maximum absolute atomic E-state index is 11.9. The lowest BCUT2D eigenvalue weighted by atomic mass is 9.74. The molecule has 0 aromatic carbocycles. The van der Waals surface area contributed by atoms with Gasteiger partial charge in [0.05, 0.1) is 39.6 Å². The van der Waals surface area contributed by atoms with E-state index in [1.165, 1.54) is 32.1 Å². The lowest BCUT2D eigenvalue weighted by molar-refractivity contribution is -0.175. The van der Waals surface area contributed by atoms with Gasteiger partial charge in [-0.05, 0) is 78.1 Å². The van der Waals surface area contributed by atoms with Crippen molar-refractivity contribution >= 4 is 58.4 Å². The van der Waals surface area contributed by atoms with Gasteiger partial charge in [-0.15, -0.1) is 0 Å². The smallest absolute Gasteiger partial charge is 0.323 e. The number of hydrogen-bond acceptors (Lipinski definition) is 12. The van der Waals surface area contributed by atoms with Crippen LogP contribution in [0.1, 0.15) is 158 Å². The molecular formula is C40H71IO12. The molecule has 1 rings (SSSR count). The van der Waals surface area contributed by atoms with Crippen molar-refractivity contribution < 1.29 is 57.2 Å². The van der Waals surface area contributed by atoms with E-state index in [1.807, 2.05) is 0 Å². The van der Waals surface area contributed by atoms with Gasteiger partial charge in [-0.1, -0.05) is 107 Å². The zero-order chi connectivity index (χ0) is 40.3. The number of carbonyl (C=O) groups excluding carboxylic acids is 6. The fraction of sp³-hybridized carbons (Fsp3) is 0.850. The number of carbonyl (C=O) groups is 6. The molecule has 0 saturated heterocycles. The largest absolute Gasteiger partial charge is 0.465 e. The van der Waals surface area contributed by atoms with Gasteiger partial charge in [0.1, 0.15) is 0 Å². The normalized spacial score (nSPS) is 13.0. The molecule has 0 aromatic rings. The Hall–Kier alpha value is -2.45. The minimum atomic E-state index is -1.02. The zero-order valence-corrected chi connectivity index (χ0v) is 36.1. The van der Waals surface area contributed by atoms with Crippen LogP contribution in [0.2, 0.25) is 0 Å². The molecule has 0 N–H and O–H groups in total. The van der Waals surface area contributed by atoms with Crippen LogP contribution in [0.3, 0.4) is 0 Å². The minimum Gasteiger partial charge on any atom is -0.465 e. The van der Waals surface area contributed by atoms with Crippen LogP contribution in [0.25, 0.3) is 0 Å². The number of esters is 6. The van der Waals surface area contributed by atoms with Crippen molar-refractivity contribution in [2.75, 3.05) is 44.1 Å². The average molecular weight is 871 g/mol. The van der Waals surface area contributed by atoms with E-state index in [2.05, 4.69) is 29.5 Å². The van der Waals surface area contributed by atoms with Gasteiger partial charge < -0.3 is 28.4 Å². The standard InChI is InChI=1S/C16H30O4.C12H21IO4.C12H20O4/c1-4-7-8-9-10-11-12-13-14(15(17)19-5-2)16(18)20-6-3;1-3-16-11(14)10(12(15)17-4-2)8-6-5-7-9-13;1-3-15-10(13)12(11(14)16-4-2)8-6-5-7-9-12/h14H,4-13H2,1-3H3;10H,3-9H2,1-2H3;3-9H2,1-2H3. The van der Waals surface area contributed by atoms with E-state index in [0.717, 1.165) is 55.8 Å². The SMILES string of the molecule is CCCCCCCCCC(C(=O)OCC)C(=O)OCC.CCOC(=O)C(CCCCCI)C(=O)OCC.CCOC(=O)C1(C(=O)OCC)CCCCC1. The van der Waals surface area contributed by atoms with E-state index < -0.39 is 53.1 Å². The van der Waals surface area contributed by atoms with Gasteiger partial charge in [-0.2, -0.15) is 0 Å². The molecule has 0 aromatic heterocycles. The van der Waals surface area contributed by atoms with Crippen LogP contribution in [0.4, 0.5) is 0 Å². The fourth-order valence-electron chi connectivity index (χ4n) is 5.75. The van der Waals surface area contributed by atoms with E-state index in [9.17, 15) is 28.8 Å². The molecule has 0 radical (unpaired) electrons. The van der Waals surface area contributed by atoms with Gasteiger partial charge >= 0.3 is 35.8 Å². The summed E-state index contributed by atoms with van der Waals surface area (Å²) in [6.07, 6.45) is 16.1. The molecule has 0 amide bonds. The van der Waals surface area contributed by atoms with Crippen molar-refractivity contribution in [3.63, 3.8) is 0 Å². The number of hydrogen-bond donors (Lipinski definition) is 0. The van der Waals surface area contributed by atoms with Crippen LogP contribution in [-0.4, -0.2) is 79.9 Å². The first-order valence-corrected chi connectivity index (χ1v) is 21.6. The molecule has 0 spiro atoms. The first-order chi connectivity index (χ1) is 25.5. The molecule has 1 aliphatic rings. The summed E-state index contributed by atoms with van der Waals surface area (Å²) in [6.45, 7) is 14.4. The second-order valence-corrected chi connectivity index (χ2v) is 13.7. The number of halogens is 1. The van der Waals surface area contributed by atoms with Crippen LogP contribution in [0, 0.1) is 17.3 Å². The summed E-state index contributed by atoms with van der Waals surface area (Å²) in [5.41, 5.74) is -1.02. The number of rotatable bonds is 25. The summed E-state index contributed by atoms with van der Waals surface area (Å²) in [7, 11) is 0. The third-order valence-electron chi connectivity index (χ3n) is 8.55. The van der Waals surface area contributed by atoms with Gasteiger partial charge in [-0.3, -0.25) is 28.8 Å². The molecule has 1 fully saturated rings. The lowest BCUT2D eigenvalue weighted by Crippen LogP contribution is -2.43. The maximum Gasteiger partial charge on any atom is 0.323 e. The maximum atomic E-state index is 11.9. The fourth-order valence-corrected chi connectivity index (χ4v) is 6.29. The topological polar surface area (TPSA) is 158 Å². The van der Waals surface area contributed by atoms with Crippen LogP contribution in [-0.2, 0) is 57.2 Å². The zero-order valence-electron chi connectivity index (χ0n) is 33.9. The second kappa shape index (κ2) is 35.3. The first kappa shape index (κ1) is 52.7. The Labute approximate surface area is 333 Å². The molecule has 53 heavy (non-hydrogen) atoms. The van der Waals surface area contributed by atoms with Crippen LogP contribution >= 0.6 is 22.6 Å². The van der Waals surface area contributed by atoms with Crippen molar-refractivity contribution in [3.8, 4) is 0 Å². The number of unbranched alkanes of at least 4 members (excludes halogenated alkanes) is 8. The lowest BCUT2D eigenvalue weighted by Gasteiger charge is -2.32. The van der Waals surface area contributed by atoms with E-state index in [0.29, 0.717) is 65.3 Å². The molecule has 1 saturated carbocycles. The number of ether oxygens (including phenoxy) is 6. The van der Waals surface area contributed by atoms with Gasteiger partial charge in [0, 0.05) is 0 Å². The van der Waals surface area contributed by atoms with E-state index >= 15 is 0 Å². The molecule has 0 unspecified atom stereocenters. The summed E-state index contributed by atoms with van der Waals surface area (Å²) in [6, 6.07) is 0. The van der Waals surface area contributed by atoms with Crippen molar-refractivity contribution in [2.45, 2.75) is 158 Å². The highest BCUT2D eigenvalue weighted by Gasteiger charge is 2.49. The minimum absolute atomic E-state index is 0.294. The highest BCUT2D eigenvalue weighted by atomic mass is 127. The molecule has 310 valence electrons. The number of alkyl halides is 1. The van der Waals surface area contributed by atoms with Gasteiger partial charge in [0.25, 0.3) is 0 Å². The third-order valence-corrected chi connectivity index (χ3v) is 9.31. The molecule has 1 aliphatic carbocycles. The predicted octanol–water partition coefficient (Wildman–Crippen LogP) is 8.66. The van der Waals surface area contributed by atoms with Crippen LogP contribution in [0.5, 0.6) is 0 Å². The second-order valence-electron chi connectivity index (χ2n) is 12.6. The molecule has 0 atom stereocenters. The summed E-state index contributed by atoms with van der Waals surface area (Å²) in [5, 5.41) is 0. The highest BCUT2D eigenvalue weighted by Crippen LogP contribution is 2.38. The highest BCUT2D eigenvalue weighted by molar-refractivity contribution is 14.1. The third kappa shape index (κ3) is 23.8. The first-order valence-electron chi connectivity index (χ1n) is 20.1. The van der Waals surface area contributed by atoms with Crippen LogP contribution < -0.4 is 0 Å². The molecule has 0 bridgehead atoms. The van der Waals surface area contributed by atoms with Crippen molar-refractivity contribution in [2.24, 2.45) is 17.3 Å². The van der Waals surface area contributed by atoms with E-state index in [4.69, 9.17) is 28.4 Å². The molecular weight excluding hydrogens is 799 g/mol. The Morgan fingerprint density at radius 1 is 0.453 bits per heavy atom. The average Bonchev–Trinajstić information content (AvgIpc) is 3.14. The van der Waals surface area contributed by atoms with Gasteiger partial charge in [0.15, 0.2) is 17.3 Å². The summed E-state index contributed by atoms with van der Waals surface area (Å²) in [4.78, 5) is 70.5. The van der Waals surface area contributed by atoms with Crippen molar-refractivity contribution in [3.05, 3.63) is 0 Å². The van der Waals surface area contributed by atoms with Crippen molar-refractivity contribution in [1.82, 2.24) is 0 Å². The van der Waals surface area contributed by atoms with E-state index in [-0.39, 0.29) is 0 Å². The van der Waals surface area contributed by atoms with E-state index in [1.54, 1.807) is 41.5 Å². The molecule has 12 nitrogen and oxygen atoms in total. The Morgan fingerprint density at radius 2 is 0.774 bits per heavy atom. The monoisotopic (exact) mass is 870 g/mol. The quantitative estimate of drug-likeness (QED) is 0.0215. The van der Waals surface area contributed by atoms with Crippen LogP contribution in [0.15, 0.2) is 0 Å². The molecule has 13 heteroatoms. The van der Waals surface area contributed by atoms with Gasteiger partial charge in [0.2, 0.25) is 0 Å². The Balaban J connectivity index is 0.